The molecule has 2 aromatic carbocycles. The third-order valence-corrected chi connectivity index (χ3v) is 4.42. The molecule has 2 N–H and O–H groups in total. The number of hydrogen-bond donors (Lipinski definition) is 2. The Morgan fingerprint density at radius 3 is 2.57 bits per heavy atom. The fourth-order valence-electron chi connectivity index (χ4n) is 2.42. The van der Waals surface area contributed by atoms with Gasteiger partial charge in [-0.1, -0.05) is 47.5 Å². The van der Waals surface area contributed by atoms with Crippen LogP contribution in [0.15, 0.2) is 48.5 Å². The van der Waals surface area contributed by atoms with Crippen molar-refractivity contribution in [1.29, 1.82) is 0 Å². The van der Waals surface area contributed by atoms with Crippen LogP contribution in [0.25, 0.3) is 6.08 Å². The van der Waals surface area contributed by atoms with Crippen LogP contribution in [0.2, 0.25) is 10.0 Å². The summed E-state index contributed by atoms with van der Waals surface area (Å²) in [7, 11) is 0. The van der Waals surface area contributed by atoms with Gasteiger partial charge in [0.15, 0.2) is 0 Å². The molecule has 7 heteroatoms. The normalized spacial score (nSPS) is 10.6. The Bertz CT molecular complexity index is 764. The molecule has 0 saturated heterocycles. The zero-order valence-corrected chi connectivity index (χ0v) is 17.7. The molecule has 0 aliphatic heterocycles. The van der Waals surface area contributed by atoms with Gasteiger partial charge >= 0.3 is 5.97 Å². The Kier molecular flexibility index (Phi) is 11.7. The average Bonchev–Trinajstić information content (AvgIpc) is 2.64. The summed E-state index contributed by atoms with van der Waals surface area (Å²) in [5.41, 5.74) is 2.13. The van der Waals surface area contributed by atoms with E-state index in [1.165, 1.54) is 5.56 Å². The number of carbonyl (C=O) groups is 1. The maximum absolute atomic E-state index is 10.4. The number of halogens is 3. The van der Waals surface area contributed by atoms with Gasteiger partial charge in [0.2, 0.25) is 0 Å². The lowest BCUT2D eigenvalue weighted by Crippen LogP contribution is -2.17. The highest BCUT2D eigenvalue weighted by atomic mass is 35.5. The summed E-state index contributed by atoms with van der Waals surface area (Å²) in [5, 5.41) is 13.0. The van der Waals surface area contributed by atoms with Gasteiger partial charge < -0.3 is 15.2 Å². The fraction of sp³-hybridized carbons (Fsp3) is 0.286. The van der Waals surface area contributed by atoms with Crippen LogP contribution in [-0.4, -0.2) is 30.8 Å². The van der Waals surface area contributed by atoms with Crippen molar-refractivity contribution < 1.29 is 14.6 Å². The molecular weight excluding hydrogens is 421 g/mol. The smallest absolute Gasteiger partial charge is 0.304 e. The third kappa shape index (κ3) is 9.47. The average molecular weight is 445 g/mol. The van der Waals surface area contributed by atoms with E-state index in [1.54, 1.807) is 6.07 Å². The second kappa shape index (κ2) is 13.5. The molecule has 0 spiro atoms. The van der Waals surface area contributed by atoms with Crippen molar-refractivity contribution in [3.05, 3.63) is 69.7 Å². The largest absolute Gasteiger partial charge is 0.494 e. The molecule has 0 bridgehead atoms. The molecule has 0 aliphatic carbocycles. The van der Waals surface area contributed by atoms with E-state index in [1.807, 2.05) is 48.6 Å². The van der Waals surface area contributed by atoms with Gasteiger partial charge in [0, 0.05) is 18.1 Å². The van der Waals surface area contributed by atoms with Crippen molar-refractivity contribution in [2.75, 3.05) is 19.7 Å². The molecule has 152 valence electrons. The molecule has 2 aromatic rings. The number of rotatable bonds is 11. The highest BCUT2D eigenvalue weighted by Crippen LogP contribution is 2.24. The van der Waals surface area contributed by atoms with Gasteiger partial charge in [0.1, 0.15) is 5.75 Å². The van der Waals surface area contributed by atoms with E-state index in [-0.39, 0.29) is 18.8 Å². The number of benzene rings is 2. The van der Waals surface area contributed by atoms with Crippen LogP contribution in [-0.2, 0) is 11.2 Å². The standard InChI is InChI=1S/C21H23Cl2NO3.ClH/c22-18-8-5-16(6-9-18)3-2-14-27-19-10-7-17(20(23)15-19)4-1-12-24-13-11-21(25)26;/h1,4-10,15,24H,2-3,11-14H2,(H,25,26);1H. The van der Waals surface area contributed by atoms with Crippen LogP contribution in [0.1, 0.15) is 24.0 Å². The molecule has 0 aliphatic rings. The Morgan fingerprint density at radius 2 is 1.89 bits per heavy atom. The molecule has 0 saturated carbocycles. The molecular formula is C21H24Cl3NO3. The first-order chi connectivity index (χ1) is 13.0. The van der Waals surface area contributed by atoms with E-state index < -0.39 is 5.97 Å². The second-order valence-electron chi connectivity index (χ2n) is 6.01. The molecule has 0 aromatic heterocycles. The van der Waals surface area contributed by atoms with E-state index in [0.717, 1.165) is 29.2 Å². The van der Waals surface area contributed by atoms with E-state index in [9.17, 15) is 4.79 Å². The second-order valence-corrected chi connectivity index (χ2v) is 6.86. The minimum atomic E-state index is -0.807. The molecule has 0 radical (unpaired) electrons. The van der Waals surface area contributed by atoms with Gasteiger partial charge in [-0.05, 0) is 54.3 Å². The van der Waals surface area contributed by atoms with Crippen molar-refractivity contribution >= 4 is 47.7 Å². The maximum atomic E-state index is 10.4. The monoisotopic (exact) mass is 443 g/mol. The Morgan fingerprint density at radius 1 is 1.14 bits per heavy atom. The summed E-state index contributed by atoms with van der Waals surface area (Å²) >= 11 is 12.2. The van der Waals surface area contributed by atoms with Crippen molar-refractivity contribution in [1.82, 2.24) is 5.32 Å². The zero-order chi connectivity index (χ0) is 19.5. The van der Waals surface area contributed by atoms with Gasteiger partial charge in [-0.15, -0.1) is 12.4 Å². The molecule has 0 heterocycles. The first-order valence-corrected chi connectivity index (χ1v) is 9.56. The summed E-state index contributed by atoms with van der Waals surface area (Å²) in [6.45, 7) is 1.64. The van der Waals surface area contributed by atoms with Crippen LogP contribution < -0.4 is 10.1 Å². The van der Waals surface area contributed by atoms with Crippen molar-refractivity contribution in [3.63, 3.8) is 0 Å². The lowest BCUT2D eigenvalue weighted by Gasteiger charge is -2.08. The van der Waals surface area contributed by atoms with Gasteiger partial charge in [0.25, 0.3) is 0 Å². The van der Waals surface area contributed by atoms with Crippen LogP contribution >= 0.6 is 35.6 Å². The molecule has 2 rings (SSSR count). The zero-order valence-electron chi connectivity index (χ0n) is 15.4. The minimum absolute atomic E-state index is 0. The van der Waals surface area contributed by atoms with Crippen molar-refractivity contribution in [2.45, 2.75) is 19.3 Å². The number of aliphatic carboxylic acids is 1. The van der Waals surface area contributed by atoms with Crippen LogP contribution in [0.5, 0.6) is 5.75 Å². The highest BCUT2D eigenvalue weighted by molar-refractivity contribution is 6.32. The Hall–Kier alpha value is -1.72. The number of nitrogens with one attached hydrogen (secondary N) is 1. The maximum Gasteiger partial charge on any atom is 0.304 e. The topological polar surface area (TPSA) is 58.6 Å². The first-order valence-electron chi connectivity index (χ1n) is 8.80. The molecule has 0 fully saturated rings. The Labute approximate surface area is 181 Å². The number of aryl methyl sites for hydroxylation is 1. The van der Waals surface area contributed by atoms with E-state index in [4.69, 9.17) is 33.0 Å². The molecule has 0 amide bonds. The van der Waals surface area contributed by atoms with E-state index in [2.05, 4.69) is 5.32 Å². The molecule has 28 heavy (non-hydrogen) atoms. The van der Waals surface area contributed by atoms with Crippen LogP contribution in [0, 0.1) is 0 Å². The first kappa shape index (κ1) is 24.3. The molecule has 0 atom stereocenters. The van der Waals surface area contributed by atoms with Gasteiger partial charge in [-0.2, -0.15) is 0 Å². The lowest BCUT2D eigenvalue weighted by atomic mass is 10.1. The summed E-state index contributed by atoms with van der Waals surface area (Å²) in [5.74, 6) is -0.0638. The SMILES string of the molecule is Cl.O=C(O)CCNCC=Cc1ccc(OCCCc2ccc(Cl)cc2)cc1Cl. The predicted molar refractivity (Wildman–Crippen MR) is 118 cm³/mol. The fourth-order valence-corrected chi connectivity index (χ4v) is 2.78. The lowest BCUT2D eigenvalue weighted by molar-refractivity contribution is -0.136. The van der Waals surface area contributed by atoms with Crippen LogP contribution in [0.3, 0.4) is 0 Å². The van der Waals surface area contributed by atoms with Crippen molar-refractivity contribution in [3.8, 4) is 5.75 Å². The number of carboxylic acids is 1. The number of ether oxygens (including phenoxy) is 1. The molecule has 0 unspecified atom stereocenters. The third-order valence-electron chi connectivity index (χ3n) is 3.84. The summed E-state index contributed by atoms with van der Waals surface area (Å²) in [6, 6.07) is 13.4. The summed E-state index contributed by atoms with van der Waals surface area (Å²) < 4.78 is 5.76. The quantitative estimate of drug-likeness (QED) is 0.449. The van der Waals surface area contributed by atoms with E-state index in [0.29, 0.717) is 24.7 Å². The van der Waals surface area contributed by atoms with Crippen molar-refractivity contribution in [2.24, 2.45) is 0 Å². The van der Waals surface area contributed by atoms with E-state index >= 15 is 0 Å². The number of hydrogen-bond acceptors (Lipinski definition) is 3. The van der Waals surface area contributed by atoms with Gasteiger partial charge in [-0.3, -0.25) is 4.79 Å². The molecule has 4 nitrogen and oxygen atoms in total. The van der Waals surface area contributed by atoms with Gasteiger partial charge in [0.05, 0.1) is 18.1 Å². The minimum Gasteiger partial charge on any atom is -0.494 e. The summed E-state index contributed by atoms with van der Waals surface area (Å²) in [4.78, 5) is 10.4. The Balaban J connectivity index is 0.00000392. The highest BCUT2D eigenvalue weighted by Gasteiger charge is 2.01. The van der Waals surface area contributed by atoms with Crippen LogP contribution in [0.4, 0.5) is 0 Å². The predicted octanol–water partition coefficient (Wildman–Crippen LogP) is 5.50. The summed E-state index contributed by atoms with van der Waals surface area (Å²) in [6.07, 6.45) is 5.76. The van der Waals surface area contributed by atoms with Gasteiger partial charge in [-0.25, -0.2) is 0 Å². The number of carboxylic acid groups (broad SMARTS) is 1.